The number of aryl methyl sites for hydroxylation is 1. The highest BCUT2D eigenvalue weighted by Crippen LogP contribution is 2.41. The molecule has 0 radical (unpaired) electrons. The van der Waals surface area contributed by atoms with Gasteiger partial charge in [-0.25, -0.2) is 0 Å². The van der Waals surface area contributed by atoms with Crippen LogP contribution in [-0.4, -0.2) is 64.8 Å². The molecule has 0 amide bonds. The fourth-order valence-electron chi connectivity index (χ4n) is 6.15. The van der Waals surface area contributed by atoms with Crippen molar-refractivity contribution in [2.75, 3.05) is 39.3 Å². The molecule has 0 aliphatic carbocycles. The average Bonchev–Trinajstić information content (AvgIpc) is 3.31. The summed E-state index contributed by atoms with van der Waals surface area (Å²) in [4.78, 5) is 4.98. The topological polar surface area (TPSA) is 31.6 Å². The van der Waals surface area contributed by atoms with Crippen LogP contribution in [0.5, 0.6) is 0 Å². The standard InChI is InChI=1S/C36H39N3O/c1-28-17-18-34-33(25-28)35(30-13-7-3-8-14-30)36(31-15-9-4-10-16-31)39(34)27-32(40)26-38-23-21-37(22-24-38)20-19-29-11-5-2-6-12-29/h2-18,25,32,40H,19-24,26-27H2,1H3. The summed E-state index contributed by atoms with van der Waals surface area (Å²) in [6.07, 6.45) is 0.634. The Bertz CT molecular complexity index is 1520. The second kappa shape index (κ2) is 12.2. The Kier molecular flexibility index (Phi) is 8.10. The molecule has 5 aromatic rings. The lowest BCUT2D eigenvalue weighted by Gasteiger charge is -2.35. The summed E-state index contributed by atoms with van der Waals surface area (Å²) < 4.78 is 2.35. The van der Waals surface area contributed by atoms with Gasteiger partial charge in [0.1, 0.15) is 0 Å². The van der Waals surface area contributed by atoms with Gasteiger partial charge in [0.15, 0.2) is 0 Å². The maximum Gasteiger partial charge on any atom is 0.0845 e. The molecule has 6 rings (SSSR count). The van der Waals surface area contributed by atoms with Crippen LogP contribution in [-0.2, 0) is 13.0 Å². The first-order valence-electron chi connectivity index (χ1n) is 14.6. The van der Waals surface area contributed by atoms with Crippen molar-refractivity contribution in [3.05, 3.63) is 120 Å². The van der Waals surface area contributed by atoms with Gasteiger partial charge in [0.25, 0.3) is 0 Å². The van der Waals surface area contributed by atoms with Crippen LogP contribution in [0.15, 0.2) is 109 Å². The molecular weight excluding hydrogens is 490 g/mol. The van der Waals surface area contributed by atoms with E-state index >= 15 is 0 Å². The molecular formula is C36H39N3O. The summed E-state index contributed by atoms with van der Waals surface area (Å²) in [5, 5.41) is 12.7. The Morgan fingerprint density at radius 3 is 1.95 bits per heavy atom. The van der Waals surface area contributed by atoms with Crippen molar-refractivity contribution in [1.82, 2.24) is 14.4 Å². The zero-order valence-electron chi connectivity index (χ0n) is 23.4. The quantitative estimate of drug-likeness (QED) is 0.236. The normalized spacial score (nSPS) is 15.4. The Labute approximate surface area is 238 Å². The molecule has 4 nitrogen and oxygen atoms in total. The molecule has 204 valence electrons. The maximum atomic E-state index is 11.5. The van der Waals surface area contributed by atoms with Crippen LogP contribution >= 0.6 is 0 Å². The minimum absolute atomic E-state index is 0.459. The summed E-state index contributed by atoms with van der Waals surface area (Å²) in [5.41, 5.74) is 8.62. The van der Waals surface area contributed by atoms with Crippen LogP contribution in [0.1, 0.15) is 11.1 Å². The molecule has 4 heteroatoms. The number of fused-ring (bicyclic) bond motifs is 1. The van der Waals surface area contributed by atoms with Crippen molar-refractivity contribution in [2.45, 2.75) is 26.0 Å². The van der Waals surface area contributed by atoms with E-state index in [1.54, 1.807) is 0 Å². The molecule has 1 saturated heterocycles. The first kappa shape index (κ1) is 26.5. The number of β-amino-alcohol motifs (C(OH)–C–C–N with tert-alkyl or cyclic N) is 1. The first-order valence-corrected chi connectivity index (χ1v) is 14.6. The third-order valence-electron chi connectivity index (χ3n) is 8.22. The number of nitrogens with zero attached hydrogens (tertiary/aromatic N) is 3. The van der Waals surface area contributed by atoms with Gasteiger partial charge < -0.3 is 14.6 Å². The third-order valence-corrected chi connectivity index (χ3v) is 8.22. The van der Waals surface area contributed by atoms with Crippen molar-refractivity contribution < 1.29 is 5.11 Å². The monoisotopic (exact) mass is 529 g/mol. The van der Waals surface area contributed by atoms with Crippen LogP contribution in [0.25, 0.3) is 33.3 Å². The Balaban J connectivity index is 1.22. The van der Waals surface area contributed by atoms with Gasteiger partial charge in [-0.2, -0.15) is 0 Å². The van der Waals surface area contributed by atoms with Crippen molar-refractivity contribution in [3.63, 3.8) is 0 Å². The van der Waals surface area contributed by atoms with Gasteiger partial charge >= 0.3 is 0 Å². The van der Waals surface area contributed by atoms with Crippen LogP contribution in [0.4, 0.5) is 0 Å². The average molecular weight is 530 g/mol. The first-order chi connectivity index (χ1) is 19.7. The minimum Gasteiger partial charge on any atom is -0.390 e. The lowest BCUT2D eigenvalue weighted by Crippen LogP contribution is -2.49. The molecule has 2 heterocycles. The number of aromatic nitrogens is 1. The van der Waals surface area contributed by atoms with Gasteiger partial charge in [-0.3, -0.25) is 4.90 Å². The highest BCUT2D eigenvalue weighted by Gasteiger charge is 2.24. The third kappa shape index (κ3) is 5.90. The van der Waals surface area contributed by atoms with Gasteiger partial charge in [0.2, 0.25) is 0 Å². The van der Waals surface area contributed by atoms with Crippen LogP contribution in [0.2, 0.25) is 0 Å². The Morgan fingerprint density at radius 1 is 0.675 bits per heavy atom. The van der Waals surface area contributed by atoms with Crippen molar-refractivity contribution in [2.24, 2.45) is 0 Å². The Hall–Kier alpha value is -3.70. The minimum atomic E-state index is -0.459. The van der Waals surface area contributed by atoms with Crippen molar-refractivity contribution in [1.29, 1.82) is 0 Å². The Morgan fingerprint density at radius 2 is 1.27 bits per heavy atom. The zero-order chi connectivity index (χ0) is 27.3. The molecule has 1 unspecified atom stereocenters. The zero-order valence-corrected chi connectivity index (χ0v) is 23.4. The van der Waals surface area contributed by atoms with Crippen LogP contribution < -0.4 is 0 Å². The van der Waals surface area contributed by atoms with E-state index < -0.39 is 6.10 Å². The molecule has 1 aliphatic heterocycles. The summed E-state index contributed by atoms with van der Waals surface area (Å²) in [6.45, 7) is 8.60. The highest BCUT2D eigenvalue weighted by molar-refractivity contribution is 6.04. The predicted molar refractivity (Wildman–Crippen MR) is 167 cm³/mol. The van der Waals surface area contributed by atoms with E-state index in [2.05, 4.69) is 130 Å². The molecule has 0 saturated carbocycles. The molecule has 40 heavy (non-hydrogen) atoms. The van der Waals surface area contributed by atoms with E-state index in [1.807, 2.05) is 0 Å². The van der Waals surface area contributed by atoms with E-state index in [0.29, 0.717) is 13.1 Å². The van der Waals surface area contributed by atoms with Crippen molar-refractivity contribution >= 4 is 10.9 Å². The molecule has 1 atom stereocenters. The smallest absolute Gasteiger partial charge is 0.0845 e. The summed E-state index contributed by atoms with van der Waals surface area (Å²) in [5.74, 6) is 0. The van der Waals surface area contributed by atoms with Crippen LogP contribution in [0.3, 0.4) is 0 Å². The lowest BCUT2D eigenvalue weighted by molar-refractivity contribution is 0.0656. The molecule has 1 fully saturated rings. The van der Waals surface area contributed by atoms with Gasteiger partial charge in [-0.1, -0.05) is 103 Å². The number of aliphatic hydroxyl groups is 1. The highest BCUT2D eigenvalue weighted by atomic mass is 16.3. The number of aliphatic hydroxyl groups excluding tert-OH is 1. The molecule has 1 aromatic heterocycles. The van der Waals surface area contributed by atoms with Crippen LogP contribution in [0, 0.1) is 6.92 Å². The largest absolute Gasteiger partial charge is 0.390 e. The van der Waals surface area contributed by atoms with E-state index in [-0.39, 0.29) is 0 Å². The molecule has 1 N–H and O–H groups in total. The van der Waals surface area contributed by atoms with E-state index in [9.17, 15) is 5.11 Å². The van der Waals surface area contributed by atoms with E-state index in [4.69, 9.17) is 0 Å². The SMILES string of the molecule is Cc1ccc2c(c1)c(-c1ccccc1)c(-c1ccccc1)n2CC(O)CN1CCN(CCc2ccccc2)CC1. The molecule has 4 aromatic carbocycles. The summed E-state index contributed by atoms with van der Waals surface area (Å²) in [7, 11) is 0. The molecule has 0 bridgehead atoms. The number of benzene rings is 4. The number of rotatable bonds is 9. The number of hydrogen-bond acceptors (Lipinski definition) is 3. The number of hydrogen-bond donors (Lipinski definition) is 1. The van der Waals surface area contributed by atoms with Gasteiger partial charge in [0, 0.05) is 55.7 Å². The lowest BCUT2D eigenvalue weighted by atomic mass is 9.98. The predicted octanol–water partition coefficient (Wildman–Crippen LogP) is 6.50. The second-order valence-electron chi connectivity index (χ2n) is 11.1. The fraction of sp³-hybridized carbons (Fsp3) is 0.278. The fourth-order valence-corrected chi connectivity index (χ4v) is 6.15. The van der Waals surface area contributed by atoms with Gasteiger partial charge in [-0.05, 0) is 42.2 Å². The summed E-state index contributed by atoms with van der Waals surface area (Å²) in [6, 6.07) is 38.8. The van der Waals surface area contributed by atoms with Gasteiger partial charge in [0.05, 0.1) is 18.3 Å². The van der Waals surface area contributed by atoms with Gasteiger partial charge in [-0.15, -0.1) is 0 Å². The van der Waals surface area contributed by atoms with E-state index in [0.717, 1.165) is 39.1 Å². The van der Waals surface area contributed by atoms with Crippen molar-refractivity contribution in [3.8, 4) is 22.4 Å². The molecule has 1 aliphatic rings. The maximum absolute atomic E-state index is 11.5. The summed E-state index contributed by atoms with van der Waals surface area (Å²) >= 11 is 0. The van der Waals surface area contributed by atoms with E-state index in [1.165, 1.54) is 44.4 Å². The second-order valence-corrected chi connectivity index (χ2v) is 11.1. The molecule has 0 spiro atoms. The number of piperazine rings is 1.